The van der Waals surface area contributed by atoms with Gasteiger partial charge in [-0.1, -0.05) is 255 Å². The molecule has 9 heteroatoms. The van der Waals surface area contributed by atoms with E-state index in [9.17, 15) is 0 Å². The summed E-state index contributed by atoms with van der Waals surface area (Å²) in [4.78, 5) is 25.3. The fourth-order valence-corrected chi connectivity index (χ4v) is 15.5. The van der Waals surface area contributed by atoms with Crippen molar-refractivity contribution in [2.75, 3.05) is 0 Å². The second-order valence-electron chi connectivity index (χ2n) is 26.4. The van der Waals surface area contributed by atoms with E-state index in [0.29, 0.717) is 23.4 Å². The van der Waals surface area contributed by atoms with E-state index in [1.165, 1.54) is 76.8 Å². The molecule has 21 rings (SSSR count). The summed E-state index contributed by atoms with van der Waals surface area (Å²) in [5.74, 6) is 2.58. The summed E-state index contributed by atoms with van der Waals surface area (Å²) in [5.41, 5.74) is 23.1. The van der Waals surface area contributed by atoms with E-state index in [0.717, 1.165) is 88.6 Å². The second-order valence-corrected chi connectivity index (χ2v) is 26.4. The van der Waals surface area contributed by atoms with Gasteiger partial charge in [0.05, 0.1) is 55.3 Å². The third-order valence-electron chi connectivity index (χ3n) is 20.3. The molecule has 0 unspecified atom stereocenters. The highest BCUT2D eigenvalue weighted by Crippen LogP contribution is 2.42. The Labute approximate surface area is 598 Å². The minimum Gasteiger partial charge on any atom is -0.309 e. The molecule has 0 fully saturated rings. The molecule has 6 aromatic heterocycles. The van der Waals surface area contributed by atoms with Gasteiger partial charge < -0.3 is 13.7 Å². The molecule has 9 nitrogen and oxygen atoms in total. The lowest BCUT2D eigenvalue weighted by Crippen LogP contribution is -2.06. The molecule has 0 radical (unpaired) electrons. The molecule has 0 bridgehead atoms. The van der Waals surface area contributed by atoms with E-state index in [-0.39, 0.29) is 0 Å². The summed E-state index contributed by atoms with van der Waals surface area (Å²) in [5, 5.41) is 10.7. The fourth-order valence-electron chi connectivity index (χ4n) is 15.5. The number of nitrogens with zero attached hydrogens (tertiary/aromatic N) is 9. The van der Waals surface area contributed by atoms with Crippen LogP contribution in [0, 0.1) is 0 Å². The highest BCUT2D eigenvalue weighted by Gasteiger charge is 2.22. The zero-order chi connectivity index (χ0) is 68.6. The minimum absolute atomic E-state index is 0.590. The maximum atomic E-state index is 5.17. The molecule has 0 aliphatic rings. The zero-order valence-electron chi connectivity index (χ0n) is 56.2. The Balaban J connectivity index is 0.000000139. The van der Waals surface area contributed by atoms with Crippen molar-refractivity contribution in [2.45, 2.75) is 0 Å². The van der Waals surface area contributed by atoms with Crippen molar-refractivity contribution in [1.29, 1.82) is 0 Å². The number of rotatable bonds is 10. The summed E-state index contributed by atoms with van der Waals surface area (Å²) < 4.78 is 9.26. The Bertz CT molecular complexity index is 6840. The molecule has 486 valence electrons. The number of para-hydroxylation sites is 7. The van der Waals surface area contributed by atoms with Crippen LogP contribution < -0.4 is 0 Å². The average Bonchev–Trinajstić information content (AvgIpc) is 1.79. The minimum atomic E-state index is 0.590. The number of benzene rings is 15. The SMILES string of the molecule is c1ccc(-c2nc(-c3cccc(-n4c5ccccc5c5cc(-c6ccc7c(c6)c6ccccc6n7-c6ccccc6)ccc54)c3)nc3ccccc23)cc1.c1ccc(-c2nc(-c3ccccc3)nc(-n3c4ccccc4c4cc(-c5ccc6c(c5)c5ccccc5n6-c5ccccc5)ccc43)n2)cc1. The fraction of sp³-hybridized carbons (Fsp3) is 0. The van der Waals surface area contributed by atoms with Gasteiger partial charge in [-0.05, 0) is 138 Å². The molecule has 21 aromatic rings. The first-order chi connectivity index (χ1) is 51.6. The number of fused-ring (bicyclic) bond motifs is 13. The Kier molecular flexibility index (Phi) is 14.4. The van der Waals surface area contributed by atoms with Gasteiger partial charge in [0.25, 0.3) is 0 Å². The van der Waals surface area contributed by atoms with Gasteiger partial charge in [0, 0.05) is 87.8 Å². The molecule has 0 saturated heterocycles. The van der Waals surface area contributed by atoms with Gasteiger partial charge in [-0.2, -0.15) is 9.97 Å². The second kappa shape index (κ2) is 24.9. The van der Waals surface area contributed by atoms with Crippen LogP contribution in [0.2, 0.25) is 0 Å². The Hall–Kier alpha value is -14.2. The van der Waals surface area contributed by atoms with E-state index in [2.05, 4.69) is 316 Å². The van der Waals surface area contributed by atoms with Crippen molar-refractivity contribution in [3.05, 3.63) is 370 Å². The van der Waals surface area contributed by atoms with Crippen molar-refractivity contribution in [3.63, 3.8) is 0 Å². The quantitative estimate of drug-likeness (QED) is 0.136. The molecule has 6 heterocycles. The topological polar surface area (TPSA) is 84.2 Å². The predicted molar refractivity (Wildman–Crippen MR) is 429 cm³/mol. The number of aromatic nitrogens is 9. The lowest BCUT2D eigenvalue weighted by Gasteiger charge is -2.12. The number of hydrogen-bond acceptors (Lipinski definition) is 5. The van der Waals surface area contributed by atoms with Crippen molar-refractivity contribution in [3.8, 4) is 90.7 Å². The van der Waals surface area contributed by atoms with E-state index >= 15 is 0 Å². The molecule has 104 heavy (non-hydrogen) atoms. The Morgan fingerprint density at radius 1 is 0.163 bits per heavy atom. The van der Waals surface area contributed by atoms with Crippen LogP contribution in [0.3, 0.4) is 0 Å². The summed E-state index contributed by atoms with van der Waals surface area (Å²) in [7, 11) is 0. The molecule has 0 atom stereocenters. The van der Waals surface area contributed by atoms with Crippen molar-refractivity contribution in [2.24, 2.45) is 0 Å². The van der Waals surface area contributed by atoms with Crippen LogP contribution in [0.1, 0.15) is 0 Å². The molecule has 0 N–H and O–H groups in total. The van der Waals surface area contributed by atoms with Crippen LogP contribution >= 0.6 is 0 Å². The van der Waals surface area contributed by atoms with E-state index < -0.39 is 0 Å². The molecule has 0 saturated carbocycles. The molecule has 0 aliphatic carbocycles. The first-order valence-corrected chi connectivity index (χ1v) is 35.1. The molecule has 0 spiro atoms. The first kappa shape index (κ1) is 59.9. The monoisotopic (exact) mass is 1330 g/mol. The average molecular weight is 1330 g/mol. The normalized spacial score (nSPS) is 11.7. The van der Waals surface area contributed by atoms with E-state index in [4.69, 9.17) is 24.9 Å². The lowest BCUT2D eigenvalue weighted by molar-refractivity contribution is 0.953. The highest BCUT2D eigenvalue weighted by atomic mass is 15.2. The molecule has 0 aliphatic heterocycles. The third kappa shape index (κ3) is 10.2. The Morgan fingerprint density at radius 3 is 0.904 bits per heavy atom. The molecule has 15 aromatic carbocycles. The van der Waals surface area contributed by atoms with E-state index in [1.807, 2.05) is 72.8 Å². The molecular weight excluding hydrogens is 1270 g/mol. The van der Waals surface area contributed by atoms with Gasteiger partial charge in [-0.15, -0.1) is 0 Å². The molecular formula is C95H61N9. The van der Waals surface area contributed by atoms with Crippen molar-refractivity contribution >= 4 is 98.1 Å². The smallest absolute Gasteiger partial charge is 0.238 e. The van der Waals surface area contributed by atoms with Crippen LogP contribution in [0.4, 0.5) is 0 Å². The Morgan fingerprint density at radius 2 is 0.471 bits per heavy atom. The largest absolute Gasteiger partial charge is 0.309 e. The maximum Gasteiger partial charge on any atom is 0.238 e. The van der Waals surface area contributed by atoms with Crippen LogP contribution in [0.25, 0.3) is 189 Å². The lowest BCUT2D eigenvalue weighted by atomic mass is 10.0. The van der Waals surface area contributed by atoms with Crippen LogP contribution in [-0.2, 0) is 0 Å². The van der Waals surface area contributed by atoms with Gasteiger partial charge in [-0.25, -0.2) is 15.0 Å². The van der Waals surface area contributed by atoms with Crippen molar-refractivity contribution in [1.82, 2.24) is 43.2 Å². The van der Waals surface area contributed by atoms with Crippen LogP contribution in [0.5, 0.6) is 0 Å². The number of hydrogen-bond donors (Lipinski definition) is 0. The maximum absolute atomic E-state index is 5.17. The predicted octanol–water partition coefficient (Wildman–Crippen LogP) is 23.9. The summed E-state index contributed by atoms with van der Waals surface area (Å²) >= 11 is 0. The van der Waals surface area contributed by atoms with Gasteiger partial charge in [-0.3, -0.25) is 4.57 Å². The van der Waals surface area contributed by atoms with Gasteiger partial charge in [0.15, 0.2) is 17.5 Å². The third-order valence-corrected chi connectivity index (χ3v) is 20.3. The zero-order valence-corrected chi connectivity index (χ0v) is 56.2. The van der Waals surface area contributed by atoms with E-state index in [1.54, 1.807) is 0 Å². The van der Waals surface area contributed by atoms with Crippen LogP contribution in [-0.4, -0.2) is 43.2 Å². The van der Waals surface area contributed by atoms with Gasteiger partial charge >= 0.3 is 0 Å². The van der Waals surface area contributed by atoms with Crippen LogP contribution in [0.15, 0.2) is 370 Å². The summed E-state index contributed by atoms with van der Waals surface area (Å²) in [6.45, 7) is 0. The standard InChI is InChI=1S/C50H32N4.C45H29N5/c1-3-14-33(15-4-1)49-41-22-7-10-23-44(41)51-50(52-49)36-16-13-19-38(30-36)54-46-25-12-9-21-40(46)43-32-35(27-29-48(43)54)34-26-28-47-42(31-34)39-20-8-11-24-45(39)53(47)37-17-5-2-6-18-37;1-4-14-30(15-5-1)43-46-44(31-16-6-2-7-17-31)48-45(47-43)50-40-23-13-11-21-36(40)38-29-33(25-27-42(38)50)32-24-26-41-37(28-32)35-20-10-12-22-39(35)49(41)34-18-8-3-9-19-34/h1-32H;1-29H. The highest BCUT2D eigenvalue weighted by molar-refractivity contribution is 6.15. The van der Waals surface area contributed by atoms with Gasteiger partial charge in [0.1, 0.15) is 0 Å². The van der Waals surface area contributed by atoms with Gasteiger partial charge in [0.2, 0.25) is 5.95 Å². The summed E-state index contributed by atoms with van der Waals surface area (Å²) in [6.07, 6.45) is 0. The summed E-state index contributed by atoms with van der Waals surface area (Å²) in [6, 6.07) is 131. The van der Waals surface area contributed by atoms with Crippen molar-refractivity contribution < 1.29 is 0 Å². The molecule has 0 amide bonds. The first-order valence-electron chi connectivity index (χ1n) is 35.1.